The summed E-state index contributed by atoms with van der Waals surface area (Å²) in [6, 6.07) is 0. The minimum atomic E-state index is -0.369. The number of carbonyl (C=O) groups is 1. The number of nitrogens with two attached hydrogens (primary N) is 1. The predicted octanol–water partition coefficient (Wildman–Crippen LogP) is 1.00. The number of hydrogen-bond acceptors (Lipinski definition) is 3. The van der Waals surface area contributed by atoms with Gasteiger partial charge in [-0.1, -0.05) is 0 Å². The zero-order valence-corrected chi connectivity index (χ0v) is 8.30. The van der Waals surface area contributed by atoms with Crippen LogP contribution in [0.25, 0.3) is 0 Å². The topological polar surface area (TPSA) is 64.3 Å². The zero-order valence-electron chi connectivity index (χ0n) is 8.30. The minimum absolute atomic E-state index is 0.0740. The van der Waals surface area contributed by atoms with Crippen LogP contribution in [-0.2, 0) is 4.74 Å². The Bertz CT molecular complexity index is 188. The number of rotatable bonds is 3. The average Bonchev–Trinajstić information content (AvgIpc) is 1.96. The van der Waals surface area contributed by atoms with Crippen LogP contribution in [-0.4, -0.2) is 24.3 Å². The molecule has 1 rings (SSSR count). The van der Waals surface area contributed by atoms with Crippen molar-refractivity contribution in [2.45, 2.75) is 44.8 Å². The first-order valence-corrected chi connectivity index (χ1v) is 4.75. The fourth-order valence-corrected chi connectivity index (χ4v) is 1.31. The Morgan fingerprint density at radius 3 is 2.62 bits per heavy atom. The number of hydrogen-bond donors (Lipinski definition) is 2. The van der Waals surface area contributed by atoms with Gasteiger partial charge in [0.05, 0.1) is 6.10 Å². The summed E-state index contributed by atoms with van der Waals surface area (Å²) in [5.74, 6) is 0. The predicted molar refractivity (Wildman–Crippen MR) is 50.4 cm³/mol. The van der Waals surface area contributed by atoms with E-state index >= 15 is 0 Å². The molecule has 0 aromatic rings. The summed E-state index contributed by atoms with van der Waals surface area (Å²) in [5, 5.41) is 2.67. The second-order valence-corrected chi connectivity index (χ2v) is 4.02. The van der Waals surface area contributed by atoms with E-state index in [1.165, 1.54) is 0 Å². The van der Waals surface area contributed by atoms with E-state index in [1.807, 2.05) is 13.8 Å². The molecule has 0 aromatic carbocycles. The van der Waals surface area contributed by atoms with Crippen molar-refractivity contribution in [2.24, 2.45) is 5.73 Å². The first-order chi connectivity index (χ1) is 6.02. The first kappa shape index (κ1) is 10.3. The highest BCUT2D eigenvalue weighted by Crippen LogP contribution is 2.27. The maximum atomic E-state index is 11.1. The van der Waals surface area contributed by atoms with Gasteiger partial charge in [0.1, 0.15) is 0 Å². The summed E-state index contributed by atoms with van der Waals surface area (Å²) in [4.78, 5) is 11.1. The summed E-state index contributed by atoms with van der Waals surface area (Å²) in [7, 11) is 0. The van der Waals surface area contributed by atoms with Crippen LogP contribution in [0.1, 0.15) is 33.1 Å². The lowest BCUT2D eigenvalue weighted by molar-refractivity contribution is 0.110. The lowest BCUT2D eigenvalue weighted by Crippen LogP contribution is -2.55. The number of nitrogens with one attached hydrogen (secondary N) is 1. The monoisotopic (exact) mass is 186 g/mol. The molecule has 0 heterocycles. The summed E-state index contributed by atoms with van der Waals surface area (Å²) in [5.41, 5.74) is 5.74. The van der Waals surface area contributed by atoms with Crippen molar-refractivity contribution in [1.29, 1.82) is 0 Å². The molecule has 0 spiro atoms. The standard InChI is InChI=1S/C9H18N2O2/c1-7(2)13-8(12)11-6-9(10)4-3-5-9/h7H,3-6,10H2,1-2H3,(H,11,12). The minimum Gasteiger partial charge on any atom is -0.447 e. The van der Waals surface area contributed by atoms with Crippen LogP contribution in [0.4, 0.5) is 4.79 Å². The summed E-state index contributed by atoms with van der Waals surface area (Å²) in [6.07, 6.45) is 2.71. The second kappa shape index (κ2) is 3.96. The summed E-state index contributed by atoms with van der Waals surface area (Å²) < 4.78 is 4.91. The Balaban J connectivity index is 2.14. The molecular weight excluding hydrogens is 168 g/mol. The third-order valence-electron chi connectivity index (χ3n) is 2.28. The largest absolute Gasteiger partial charge is 0.447 e. The van der Waals surface area contributed by atoms with Gasteiger partial charge in [0.15, 0.2) is 0 Å². The van der Waals surface area contributed by atoms with Gasteiger partial charge in [0, 0.05) is 12.1 Å². The van der Waals surface area contributed by atoms with Gasteiger partial charge in [0.2, 0.25) is 0 Å². The highest BCUT2D eigenvalue weighted by molar-refractivity contribution is 5.67. The number of alkyl carbamates (subject to hydrolysis) is 1. The van der Waals surface area contributed by atoms with Gasteiger partial charge in [-0.25, -0.2) is 4.79 Å². The van der Waals surface area contributed by atoms with E-state index in [2.05, 4.69) is 5.32 Å². The molecule has 1 aliphatic rings. The number of amides is 1. The molecule has 0 bridgehead atoms. The van der Waals surface area contributed by atoms with Crippen molar-refractivity contribution in [3.05, 3.63) is 0 Å². The smallest absolute Gasteiger partial charge is 0.407 e. The van der Waals surface area contributed by atoms with Crippen molar-refractivity contribution < 1.29 is 9.53 Å². The van der Waals surface area contributed by atoms with E-state index in [-0.39, 0.29) is 17.7 Å². The molecule has 0 aromatic heterocycles. The molecule has 76 valence electrons. The summed E-state index contributed by atoms with van der Waals surface area (Å²) >= 11 is 0. The molecule has 0 saturated heterocycles. The highest BCUT2D eigenvalue weighted by Gasteiger charge is 2.32. The molecule has 1 saturated carbocycles. The van der Waals surface area contributed by atoms with Crippen molar-refractivity contribution in [3.63, 3.8) is 0 Å². The SMILES string of the molecule is CC(C)OC(=O)NCC1(N)CCC1. The van der Waals surface area contributed by atoms with E-state index in [0.29, 0.717) is 6.54 Å². The average molecular weight is 186 g/mol. The molecule has 0 radical (unpaired) electrons. The second-order valence-electron chi connectivity index (χ2n) is 4.02. The van der Waals surface area contributed by atoms with Crippen molar-refractivity contribution in [3.8, 4) is 0 Å². The van der Waals surface area contributed by atoms with Gasteiger partial charge < -0.3 is 15.8 Å². The van der Waals surface area contributed by atoms with Crippen LogP contribution in [0.2, 0.25) is 0 Å². The highest BCUT2D eigenvalue weighted by atomic mass is 16.6. The van der Waals surface area contributed by atoms with Crippen LogP contribution in [0.3, 0.4) is 0 Å². The number of carbonyl (C=O) groups excluding carboxylic acids is 1. The quantitative estimate of drug-likeness (QED) is 0.691. The maximum absolute atomic E-state index is 11.1. The molecule has 4 nitrogen and oxygen atoms in total. The third kappa shape index (κ3) is 3.22. The molecule has 4 heteroatoms. The Morgan fingerprint density at radius 2 is 2.23 bits per heavy atom. The Kier molecular flexibility index (Phi) is 3.14. The molecule has 1 fully saturated rings. The van der Waals surface area contributed by atoms with Crippen LogP contribution in [0.15, 0.2) is 0 Å². The van der Waals surface area contributed by atoms with Crippen LogP contribution >= 0.6 is 0 Å². The van der Waals surface area contributed by atoms with Crippen molar-refractivity contribution in [1.82, 2.24) is 5.32 Å². The Morgan fingerprint density at radius 1 is 1.62 bits per heavy atom. The zero-order chi connectivity index (χ0) is 9.90. The molecule has 0 unspecified atom stereocenters. The fourth-order valence-electron chi connectivity index (χ4n) is 1.31. The molecule has 13 heavy (non-hydrogen) atoms. The summed E-state index contributed by atoms with van der Waals surface area (Å²) in [6.45, 7) is 4.17. The molecule has 0 atom stereocenters. The van der Waals surface area contributed by atoms with Crippen LogP contribution < -0.4 is 11.1 Å². The van der Waals surface area contributed by atoms with E-state index < -0.39 is 0 Å². The van der Waals surface area contributed by atoms with Gasteiger partial charge in [-0.05, 0) is 33.1 Å². The number of ether oxygens (including phenoxy) is 1. The van der Waals surface area contributed by atoms with E-state index in [0.717, 1.165) is 19.3 Å². The van der Waals surface area contributed by atoms with Gasteiger partial charge in [0.25, 0.3) is 0 Å². The third-order valence-corrected chi connectivity index (χ3v) is 2.28. The van der Waals surface area contributed by atoms with Gasteiger partial charge in [-0.2, -0.15) is 0 Å². The lowest BCUT2D eigenvalue weighted by atomic mass is 9.78. The first-order valence-electron chi connectivity index (χ1n) is 4.75. The van der Waals surface area contributed by atoms with Crippen molar-refractivity contribution in [2.75, 3.05) is 6.54 Å². The molecule has 3 N–H and O–H groups in total. The Labute approximate surface area is 78.8 Å². The fraction of sp³-hybridized carbons (Fsp3) is 0.889. The Hall–Kier alpha value is -0.770. The normalized spacial score (nSPS) is 19.4. The maximum Gasteiger partial charge on any atom is 0.407 e. The van der Waals surface area contributed by atoms with E-state index in [1.54, 1.807) is 0 Å². The van der Waals surface area contributed by atoms with Crippen LogP contribution in [0.5, 0.6) is 0 Å². The molecular formula is C9H18N2O2. The van der Waals surface area contributed by atoms with Crippen molar-refractivity contribution >= 4 is 6.09 Å². The van der Waals surface area contributed by atoms with Gasteiger partial charge >= 0.3 is 6.09 Å². The molecule has 1 amide bonds. The molecule has 1 aliphatic carbocycles. The van der Waals surface area contributed by atoms with E-state index in [9.17, 15) is 4.79 Å². The van der Waals surface area contributed by atoms with Gasteiger partial charge in [-0.15, -0.1) is 0 Å². The van der Waals surface area contributed by atoms with Crippen LogP contribution in [0, 0.1) is 0 Å². The van der Waals surface area contributed by atoms with E-state index in [4.69, 9.17) is 10.5 Å². The lowest BCUT2D eigenvalue weighted by Gasteiger charge is -2.37. The van der Waals surface area contributed by atoms with Gasteiger partial charge in [-0.3, -0.25) is 0 Å². The molecule has 0 aliphatic heterocycles.